The van der Waals surface area contributed by atoms with E-state index < -0.39 is 6.10 Å². The zero-order chi connectivity index (χ0) is 8.55. The Hall–Kier alpha value is -1.35. The summed E-state index contributed by atoms with van der Waals surface area (Å²) in [5.74, 6) is 0. The van der Waals surface area contributed by atoms with Gasteiger partial charge in [0.1, 0.15) is 11.8 Å². The molecule has 3 nitrogen and oxygen atoms in total. The number of nitrogens with zero attached hydrogens (tertiary/aromatic N) is 1. The highest BCUT2D eigenvalue weighted by molar-refractivity contribution is 6.07. The highest BCUT2D eigenvalue weighted by Gasteiger charge is 2.26. The fourth-order valence-electron chi connectivity index (χ4n) is 1.55. The first-order chi connectivity index (χ1) is 5.83. The topological polar surface area (TPSA) is 52.8 Å². The van der Waals surface area contributed by atoms with Gasteiger partial charge in [-0.15, -0.1) is 0 Å². The molecule has 0 fully saturated rings. The first-order valence-corrected chi connectivity index (χ1v) is 3.81. The number of aliphatic hydroxyl groups is 1. The number of oxime groups is 1. The van der Waals surface area contributed by atoms with Crippen molar-refractivity contribution in [1.29, 1.82) is 0 Å². The van der Waals surface area contributed by atoms with Crippen molar-refractivity contribution in [2.24, 2.45) is 5.16 Å². The lowest BCUT2D eigenvalue weighted by atomic mass is 10.1. The first kappa shape index (κ1) is 7.31. The predicted molar refractivity (Wildman–Crippen MR) is 44.5 cm³/mol. The normalized spacial score (nSPS) is 24.4. The van der Waals surface area contributed by atoms with Crippen LogP contribution in [0.1, 0.15) is 11.1 Å². The number of fused-ring (bicyclic) bond motifs is 1. The average molecular weight is 163 g/mol. The summed E-state index contributed by atoms with van der Waals surface area (Å²) in [6.45, 7) is 0. The van der Waals surface area contributed by atoms with Crippen LogP contribution in [-0.2, 0) is 6.42 Å². The SMILES string of the molecule is O/N=C1\c2ccccc2C[C@H]1O. The van der Waals surface area contributed by atoms with Crippen LogP contribution in [0.15, 0.2) is 29.4 Å². The summed E-state index contributed by atoms with van der Waals surface area (Å²) in [4.78, 5) is 0. The summed E-state index contributed by atoms with van der Waals surface area (Å²) in [7, 11) is 0. The van der Waals surface area contributed by atoms with Crippen LogP contribution in [0.5, 0.6) is 0 Å². The minimum absolute atomic E-state index is 0.380. The van der Waals surface area contributed by atoms with Gasteiger partial charge in [-0.2, -0.15) is 0 Å². The van der Waals surface area contributed by atoms with Crippen molar-refractivity contribution < 1.29 is 10.3 Å². The van der Waals surface area contributed by atoms with E-state index in [-0.39, 0.29) is 0 Å². The molecule has 0 unspecified atom stereocenters. The minimum Gasteiger partial charge on any atom is -0.411 e. The first-order valence-electron chi connectivity index (χ1n) is 3.81. The van der Waals surface area contributed by atoms with Gasteiger partial charge in [0, 0.05) is 12.0 Å². The Kier molecular flexibility index (Phi) is 1.59. The van der Waals surface area contributed by atoms with Crippen molar-refractivity contribution in [2.45, 2.75) is 12.5 Å². The highest BCUT2D eigenvalue weighted by atomic mass is 16.4. The predicted octanol–water partition coefficient (Wildman–Crippen LogP) is 0.782. The van der Waals surface area contributed by atoms with E-state index in [1.54, 1.807) is 0 Å². The van der Waals surface area contributed by atoms with Gasteiger partial charge >= 0.3 is 0 Å². The molecule has 1 aromatic rings. The number of hydrogen-bond acceptors (Lipinski definition) is 3. The quantitative estimate of drug-likeness (QED) is 0.438. The van der Waals surface area contributed by atoms with Crippen molar-refractivity contribution in [2.75, 3.05) is 0 Å². The van der Waals surface area contributed by atoms with Gasteiger partial charge in [0.25, 0.3) is 0 Å². The van der Waals surface area contributed by atoms with Crippen LogP contribution in [0.3, 0.4) is 0 Å². The fraction of sp³-hybridized carbons (Fsp3) is 0.222. The minimum atomic E-state index is -0.646. The van der Waals surface area contributed by atoms with Crippen LogP contribution in [0, 0.1) is 0 Å². The van der Waals surface area contributed by atoms with Crippen LogP contribution >= 0.6 is 0 Å². The van der Waals surface area contributed by atoms with E-state index in [0.29, 0.717) is 12.1 Å². The molecule has 1 aromatic carbocycles. The Bertz CT molecular complexity index is 333. The summed E-state index contributed by atoms with van der Waals surface area (Å²) >= 11 is 0. The van der Waals surface area contributed by atoms with Crippen LogP contribution in [0.4, 0.5) is 0 Å². The second-order valence-electron chi connectivity index (χ2n) is 2.86. The monoisotopic (exact) mass is 163 g/mol. The zero-order valence-electron chi connectivity index (χ0n) is 6.44. The molecule has 0 amide bonds. The molecule has 0 saturated heterocycles. The van der Waals surface area contributed by atoms with E-state index in [1.807, 2.05) is 24.3 Å². The molecule has 62 valence electrons. The molecular weight excluding hydrogens is 154 g/mol. The van der Waals surface area contributed by atoms with E-state index >= 15 is 0 Å². The maximum absolute atomic E-state index is 9.42. The van der Waals surface area contributed by atoms with E-state index in [4.69, 9.17) is 5.21 Å². The number of aliphatic hydroxyl groups excluding tert-OH is 1. The third-order valence-electron chi connectivity index (χ3n) is 2.13. The molecule has 12 heavy (non-hydrogen) atoms. The molecule has 0 saturated carbocycles. The van der Waals surface area contributed by atoms with Crippen LogP contribution in [0.2, 0.25) is 0 Å². The number of hydrogen-bond donors (Lipinski definition) is 2. The molecule has 2 N–H and O–H groups in total. The highest BCUT2D eigenvalue weighted by Crippen LogP contribution is 2.22. The lowest BCUT2D eigenvalue weighted by molar-refractivity contribution is 0.237. The molecule has 0 bridgehead atoms. The summed E-state index contributed by atoms with van der Waals surface area (Å²) in [5, 5.41) is 21.1. The van der Waals surface area contributed by atoms with E-state index in [1.165, 1.54) is 0 Å². The summed E-state index contributed by atoms with van der Waals surface area (Å²) in [6.07, 6.45) is -0.0948. The Balaban J connectivity index is 2.55. The third-order valence-corrected chi connectivity index (χ3v) is 2.13. The molecule has 0 aliphatic heterocycles. The fourth-order valence-corrected chi connectivity index (χ4v) is 1.55. The van der Waals surface area contributed by atoms with Crippen LogP contribution in [-0.4, -0.2) is 22.1 Å². The zero-order valence-corrected chi connectivity index (χ0v) is 6.44. The standard InChI is InChI=1S/C9H9NO2/c11-8-5-6-3-1-2-4-7(6)9(8)10-12/h1-4,8,11-12H,5H2/b10-9+/t8-/m1/s1. The summed E-state index contributed by atoms with van der Waals surface area (Å²) < 4.78 is 0. The van der Waals surface area contributed by atoms with Gasteiger partial charge in [0.05, 0.1) is 0 Å². The van der Waals surface area contributed by atoms with Gasteiger partial charge in [-0.1, -0.05) is 29.4 Å². The summed E-state index contributed by atoms with van der Waals surface area (Å²) in [6, 6.07) is 7.55. The summed E-state index contributed by atoms with van der Waals surface area (Å²) in [5.41, 5.74) is 2.27. The second kappa shape index (κ2) is 2.60. The van der Waals surface area contributed by atoms with Gasteiger partial charge in [0.15, 0.2) is 0 Å². The molecule has 3 heteroatoms. The lowest BCUT2D eigenvalue weighted by Gasteiger charge is -1.98. The largest absolute Gasteiger partial charge is 0.411 e. The maximum atomic E-state index is 9.42. The van der Waals surface area contributed by atoms with Crippen LogP contribution < -0.4 is 0 Å². The van der Waals surface area contributed by atoms with Crippen molar-refractivity contribution in [3.05, 3.63) is 35.4 Å². The van der Waals surface area contributed by atoms with Crippen molar-refractivity contribution >= 4 is 5.71 Å². The second-order valence-corrected chi connectivity index (χ2v) is 2.86. The molecule has 1 atom stereocenters. The molecule has 1 aliphatic rings. The molecule has 1 aliphatic carbocycles. The van der Waals surface area contributed by atoms with Gasteiger partial charge in [0.2, 0.25) is 0 Å². The molecule has 0 radical (unpaired) electrons. The smallest absolute Gasteiger partial charge is 0.116 e. The molecular formula is C9H9NO2. The molecule has 0 heterocycles. The van der Waals surface area contributed by atoms with Gasteiger partial charge in [-0.05, 0) is 5.56 Å². The third kappa shape index (κ3) is 0.905. The van der Waals surface area contributed by atoms with Gasteiger partial charge < -0.3 is 10.3 Å². The Morgan fingerprint density at radius 1 is 1.33 bits per heavy atom. The Labute approximate surface area is 70.0 Å². The van der Waals surface area contributed by atoms with Crippen LogP contribution in [0.25, 0.3) is 0 Å². The molecule has 0 aromatic heterocycles. The van der Waals surface area contributed by atoms with Gasteiger partial charge in [-0.25, -0.2) is 0 Å². The van der Waals surface area contributed by atoms with E-state index in [2.05, 4.69) is 5.16 Å². The maximum Gasteiger partial charge on any atom is 0.116 e. The van der Waals surface area contributed by atoms with Crippen molar-refractivity contribution in [1.82, 2.24) is 0 Å². The van der Waals surface area contributed by atoms with Crippen molar-refractivity contribution in [3.63, 3.8) is 0 Å². The number of rotatable bonds is 0. The Morgan fingerprint density at radius 2 is 2.08 bits per heavy atom. The lowest BCUT2D eigenvalue weighted by Crippen LogP contribution is -2.15. The van der Waals surface area contributed by atoms with Crippen molar-refractivity contribution in [3.8, 4) is 0 Å². The molecule has 0 spiro atoms. The van der Waals surface area contributed by atoms with Gasteiger partial charge in [-0.3, -0.25) is 0 Å². The Morgan fingerprint density at radius 3 is 2.83 bits per heavy atom. The average Bonchev–Trinajstić information content (AvgIpc) is 2.40. The molecule has 2 rings (SSSR count). The van der Waals surface area contributed by atoms with E-state index in [0.717, 1.165) is 11.1 Å². The van der Waals surface area contributed by atoms with E-state index in [9.17, 15) is 5.11 Å². The number of benzene rings is 1.